The standard InChI is InChI=1S/C22H24N4O4/c1-3-29-18-9-7-16(8-10-18)21-25-20(30-26-21)12-11-19(27)24-14-15-5-4-6-17(13-15)22(28)23-2/h4-10,13H,3,11-12,14H2,1-2H3,(H,23,28)(H,24,27). The number of hydrogen-bond donors (Lipinski definition) is 2. The second-order valence-electron chi connectivity index (χ2n) is 6.53. The number of nitrogens with one attached hydrogen (secondary N) is 2. The van der Waals surface area contributed by atoms with E-state index in [1.54, 1.807) is 25.2 Å². The molecular formula is C22H24N4O4. The Morgan fingerprint density at radius 1 is 1.13 bits per heavy atom. The second kappa shape index (κ2) is 10.2. The highest BCUT2D eigenvalue weighted by Gasteiger charge is 2.11. The quantitative estimate of drug-likeness (QED) is 0.564. The maximum Gasteiger partial charge on any atom is 0.251 e. The van der Waals surface area contributed by atoms with Crippen molar-refractivity contribution in [3.8, 4) is 17.1 Å². The second-order valence-corrected chi connectivity index (χ2v) is 6.53. The highest BCUT2D eigenvalue weighted by molar-refractivity contribution is 5.94. The maximum absolute atomic E-state index is 12.1. The van der Waals surface area contributed by atoms with Crippen molar-refractivity contribution >= 4 is 11.8 Å². The van der Waals surface area contributed by atoms with E-state index in [1.165, 1.54) is 0 Å². The van der Waals surface area contributed by atoms with Gasteiger partial charge in [0.05, 0.1) is 6.61 Å². The van der Waals surface area contributed by atoms with Gasteiger partial charge in [-0.15, -0.1) is 0 Å². The predicted molar refractivity (Wildman–Crippen MR) is 111 cm³/mol. The summed E-state index contributed by atoms with van der Waals surface area (Å²) in [6, 6.07) is 14.5. The lowest BCUT2D eigenvalue weighted by Crippen LogP contribution is -2.23. The molecule has 1 aromatic heterocycles. The van der Waals surface area contributed by atoms with Crippen molar-refractivity contribution in [1.29, 1.82) is 0 Å². The largest absolute Gasteiger partial charge is 0.494 e. The number of aromatic nitrogens is 2. The lowest BCUT2D eigenvalue weighted by Gasteiger charge is -2.06. The molecule has 156 valence electrons. The van der Waals surface area contributed by atoms with E-state index in [4.69, 9.17) is 9.26 Å². The fourth-order valence-corrected chi connectivity index (χ4v) is 2.82. The topological polar surface area (TPSA) is 106 Å². The van der Waals surface area contributed by atoms with Crippen molar-refractivity contribution in [3.63, 3.8) is 0 Å². The van der Waals surface area contributed by atoms with Gasteiger partial charge >= 0.3 is 0 Å². The van der Waals surface area contributed by atoms with Gasteiger partial charge in [0, 0.05) is 37.6 Å². The maximum atomic E-state index is 12.1. The summed E-state index contributed by atoms with van der Waals surface area (Å²) in [5.74, 6) is 1.35. The molecule has 0 aliphatic carbocycles. The molecule has 8 nitrogen and oxygen atoms in total. The molecule has 0 aliphatic rings. The summed E-state index contributed by atoms with van der Waals surface area (Å²) in [6.45, 7) is 2.87. The Kier molecular flexibility index (Phi) is 7.15. The van der Waals surface area contributed by atoms with Crippen molar-refractivity contribution < 1.29 is 18.8 Å². The van der Waals surface area contributed by atoms with Crippen LogP contribution in [0, 0.1) is 0 Å². The Morgan fingerprint density at radius 3 is 2.67 bits per heavy atom. The van der Waals surface area contributed by atoms with E-state index in [-0.39, 0.29) is 18.2 Å². The van der Waals surface area contributed by atoms with Gasteiger partial charge in [0.25, 0.3) is 5.91 Å². The van der Waals surface area contributed by atoms with E-state index in [9.17, 15) is 9.59 Å². The predicted octanol–water partition coefficient (Wildman–Crippen LogP) is 2.74. The van der Waals surface area contributed by atoms with Crippen LogP contribution in [0.25, 0.3) is 11.4 Å². The number of nitrogens with zero attached hydrogens (tertiary/aromatic N) is 2. The Balaban J connectivity index is 1.49. The van der Waals surface area contributed by atoms with E-state index in [0.717, 1.165) is 16.9 Å². The van der Waals surface area contributed by atoms with Gasteiger partial charge in [-0.25, -0.2) is 0 Å². The molecular weight excluding hydrogens is 384 g/mol. The molecule has 1 heterocycles. The van der Waals surface area contributed by atoms with Crippen LogP contribution in [0.5, 0.6) is 5.75 Å². The zero-order valence-corrected chi connectivity index (χ0v) is 17.0. The number of ether oxygens (including phenoxy) is 1. The molecule has 3 aromatic rings. The Morgan fingerprint density at radius 2 is 1.93 bits per heavy atom. The zero-order valence-electron chi connectivity index (χ0n) is 17.0. The molecule has 2 aromatic carbocycles. The molecule has 0 radical (unpaired) electrons. The Hall–Kier alpha value is -3.68. The van der Waals surface area contributed by atoms with Gasteiger partial charge in [0.15, 0.2) is 0 Å². The van der Waals surface area contributed by atoms with Crippen molar-refractivity contribution in [3.05, 3.63) is 65.5 Å². The Labute approximate surface area is 174 Å². The number of carbonyl (C=O) groups is 2. The summed E-state index contributed by atoms with van der Waals surface area (Å²) in [6.07, 6.45) is 0.564. The minimum absolute atomic E-state index is 0.138. The lowest BCUT2D eigenvalue weighted by atomic mass is 10.1. The fraction of sp³-hybridized carbons (Fsp3) is 0.273. The van der Waals surface area contributed by atoms with E-state index in [0.29, 0.717) is 36.9 Å². The molecule has 0 saturated heterocycles. The first-order chi connectivity index (χ1) is 14.6. The molecule has 30 heavy (non-hydrogen) atoms. The number of benzene rings is 2. The third-order valence-corrected chi connectivity index (χ3v) is 4.36. The van der Waals surface area contributed by atoms with Crippen LogP contribution < -0.4 is 15.4 Å². The molecule has 8 heteroatoms. The van der Waals surface area contributed by atoms with Gasteiger partial charge in [0.2, 0.25) is 17.6 Å². The normalized spacial score (nSPS) is 10.5. The molecule has 0 fully saturated rings. The molecule has 0 bridgehead atoms. The van der Waals surface area contributed by atoms with Crippen molar-refractivity contribution in [2.45, 2.75) is 26.3 Å². The highest BCUT2D eigenvalue weighted by atomic mass is 16.5. The third-order valence-electron chi connectivity index (χ3n) is 4.36. The number of amides is 2. The average Bonchev–Trinajstić information content (AvgIpc) is 3.26. The van der Waals surface area contributed by atoms with E-state index >= 15 is 0 Å². The molecule has 0 aliphatic heterocycles. The summed E-state index contributed by atoms with van der Waals surface area (Å²) < 4.78 is 10.7. The summed E-state index contributed by atoms with van der Waals surface area (Å²) in [7, 11) is 1.58. The first-order valence-electron chi connectivity index (χ1n) is 9.72. The van der Waals surface area contributed by atoms with Gasteiger partial charge in [0.1, 0.15) is 5.75 Å². The molecule has 0 spiro atoms. The molecule has 0 unspecified atom stereocenters. The van der Waals surface area contributed by atoms with Gasteiger partial charge in [-0.1, -0.05) is 17.3 Å². The number of carbonyl (C=O) groups excluding carboxylic acids is 2. The van der Waals surface area contributed by atoms with E-state index < -0.39 is 0 Å². The van der Waals surface area contributed by atoms with Gasteiger partial charge in [-0.3, -0.25) is 9.59 Å². The lowest BCUT2D eigenvalue weighted by molar-refractivity contribution is -0.121. The molecule has 3 rings (SSSR count). The minimum Gasteiger partial charge on any atom is -0.494 e. The zero-order chi connectivity index (χ0) is 21.3. The van der Waals surface area contributed by atoms with Crippen LogP contribution in [0.4, 0.5) is 0 Å². The first kappa shape index (κ1) is 21.0. The van der Waals surface area contributed by atoms with Crippen LogP contribution in [-0.4, -0.2) is 35.6 Å². The van der Waals surface area contributed by atoms with Crippen LogP contribution in [-0.2, 0) is 17.8 Å². The molecule has 2 N–H and O–H groups in total. The highest BCUT2D eigenvalue weighted by Crippen LogP contribution is 2.20. The van der Waals surface area contributed by atoms with Crippen LogP contribution in [0.3, 0.4) is 0 Å². The Bertz CT molecular complexity index is 998. The van der Waals surface area contributed by atoms with Crippen molar-refractivity contribution in [2.75, 3.05) is 13.7 Å². The molecule has 2 amide bonds. The van der Waals surface area contributed by atoms with Crippen LogP contribution in [0.15, 0.2) is 53.1 Å². The van der Waals surface area contributed by atoms with Crippen molar-refractivity contribution in [1.82, 2.24) is 20.8 Å². The summed E-state index contributed by atoms with van der Waals surface area (Å²) in [5, 5.41) is 9.39. The minimum atomic E-state index is -0.164. The van der Waals surface area contributed by atoms with Crippen LogP contribution >= 0.6 is 0 Å². The fourth-order valence-electron chi connectivity index (χ4n) is 2.82. The van der Waals surface area contributed by atoms with Crippen LogP contribution in [0.1, 0.15) is 35.2 Å². The number of aryl methyl sites for hydroxylation is 1. The number of hydrogen-bond acceptors (Lipinski definition) is 6. The van der Waals surface area contributed by atoms with Gasteiger partial charge in [-0.2, -0.15) is 4.98 Å². The summed E-state index contributed by atoms with van der Waals surface area (Å²) in [4.78, 5) is 28.2. The SMILES string of the molecule is CCOc1ccc(-c2noc(CCC(=O)NCc3cccc(C(=O)NC)c3)n2)cc1. The third kappa shape index (κ3) is 5.66. The van der Waals surface area contributed by atoms with Crippen LogP contribution in [0.2, 0.25) is 0 Å². The smallest absolute Gasteiger partial charge is 0.251 e. The van der Waals surface area contributed by atoms with E-state index in [1.807, 2.05) is 37.3 Å². The summed E-state index contributed by atoms with van der Waals surface area (Å²) >= 11 is 0. The molecule has 0 saturated carbocycles. The van der Waals surface area contributed by atoms with Gasteiger partial charge < -0.3 is 19.9 Å². The van der Waals surface area contributed by atoms with Gasteiger partial charge in [-0.05, 0) is 48.9 Å². The monoisotopic (exact) mass is 408 g/mol. The summed E-state index contributed by atoms with van der Waals surface area (Å²) in [5.41, 5.74) is 2.21. The van der Waals surface area contributed by atoms with E-state index in [2.05, 4.69) is 20.8 Å². The average molecular weight is 408 g/mol. The molecule has 0 atom stereocenters. The number of rotatable bonds is 9. The van der Waals surface area contributed by atoms with Crippen molar-refractivity contribution in [2.24, 2.45) is 0 Å². The first-order valence-corrected chi connectivity index (χ1v) is 9.72.